The van der Waals surface area contributed by atoms with Gasteiger partial charge in [-0.25, -0.2) is 4.99 Å². The number of carbonyl (C=O) groups excluding carboxylic acids is 1. The fourth-order valence-corrected chi connectivity index (χ4v) is 3.91. The molecule has 0 aliphatic carbocycles. The van der Waals surface area contributed by atoms with Gasteiger partial charge in [-0.1, -0.05) is 26.0 Å². The number of anilines is 1. The maximum atomic E-state index is 12.1. The number of amides is 1. The Morgan fingerprint density at radius 1 is 1.26 bits per heavy atom. The lowest BCUT2D eigenvalue weighted by atomic mass is 10.1. The van der Waals surface area contributed by atoms with Crippen LogP contribution in [0, 0.1) is 5.92 Å². The molecule has 7 nitrogen and oxygen atoms in total. The minimum absolute atomic E-state index is 0. The summed E-state index contributed by atoms with van der Waals surface area (Å²) in [4.78, 5) is 19.2. The third kappa shape index (κ3) is 8.23. The smallest absolute Gasteiger partial charge is 0.224 e. The molecule has 3 rings (SSSR count). The van der Waals surface area contributed by atoms with Crippen molar-refractivity contribution in [2.45, 2.75) is 58.8 Å². The number of nitrogens with zero attached hydrogens (tertiary/aromatic N) is 2. The van der Waals surface area contributed by atoms with E-state index in [1.54, 1.807) is 0 Å². The van der Waals surface area contributed by atoms with Gasteiger partial charge < -0.3 is 25.0 Å². The Labute approximate surface area is 203 Å². The molecule has 2 aliphatic heterocycles. The summed E-state index contributed by atoms with van der Waals surface area (Å²) < 4.78 is 11.8. The molecule has 0 radical (unpaired) electrons. The molecule has 2 N–H and O–H groups in total. The fraction of sp³-hybridized carbons (Fsp3) is 0.652. The molecule has 1 aromatic rings. The van der Waals surface area contributed by atoms with E-state index in [-0.39, 0.29) is 42.1 Å². The molecule has 1 aromatic carbocycles. The zero-order valence-electron chi connectivity index (χ0n) is 18.9. The molecule has 1 amide bonds. The Balaban J connectivity index is 0.00000341. The third-order valence-electron chi connectivity index (χ3n) is 5.32. The Kier molecular flexibility index (Phi) is 11.0. The standard InChI is InChI=1S/C23H36N4O3.HI/c1-4-24-23(27-10-12-30-21(16-27)20-9-6-11-29-20)25-15-18-7-5-8-19(14-18)26-22(28)13-17(2)3;/h5,7-8,14,17,20-21H,4,6,9-13,15-16H2,1-3H3,(H,24,25)(H,26,28);1H. The summed E-state index contributed by atoms with van der Waals surface area (Å²) in [6.45, 7) is 10.7. The number of halogens is 1. The monoisotopic (exact) mass is 544 g/mol. The van der Waals surface area contributed by atoms with E-state index in [2.05, 4.69) is 22.5 Å². The van der Waals surface area contributed by atoms with Gasteiger partial charge in [0.15, 0.2) is 5.96 Å². The molecule has 2 heterocycles. The van der Waals surface area contributed by atoms with E-state index in [1.165, 1.54) is 0 Å². The van der Waals surface area contributed by atoms with Crippen LogP contribution in [0.1, 0.15) is 45.6 Å². The van der Waals surface area contributed by atoms with E-state index in [4.69, 9.17) is 14.5 Å². The summed E-state index contributed by atoms with van der Waals surface area (Å²) in [5.41, 5.74) is 1.89. The molecule has 2 aliphatic rings. The van der Waals surface area contributed by atoms with Crippen LogP contribution in [0.2, 0.25) is 0 Å². The highest BCUT2D eigenvalue weighted by Gasteiger charge is 2.32. The van der Waals surface area contributed by atoms with Gasteiger partial charge >= 0.3 is 0 Å². The van der Waals surface area contributed by atoms with Crippen molar-refractivity contribution >= 4 is 41.5 Å². The van der Waals surface area contributed by atoms with Crippen molar-refractivity contribution in [3.8, 4) is 0 Å². The normalized spacial score (nSPS) is 21.7. The van der Waals surface area contributed by atoms with E-state index < -0.39 is 0 Å². The van der Waals surface area contributed by atoms with Crippen molar-refractivity contribution in [2.75, 3.05) is 38.2 Å². The predicted molar refractivity (Wildman–Crippen MR) is 135 cm³/mol. The molecule has 8 heteroatoms. The number of morpholine rings is 1. The van der Waals surface area contributed by atoms with E-state index in [0.29, 0.717) is 25.5 Å². The minimum atomic E-state index is 0. The number of hydrogen-bond acceptors (Lipinski definition) is 4. The fourth-order valence-electron chi connectivity index (χ4n) is 3.91. The van der Waals surface area contributed by atoms with Crippen LogP contribution >= 0.6 is 24.0 Å². The largest absolute Gasteiger partial charge is 0.375 e. The van der Waals surface area contributed by atoms with Gasteiger partial charge in [0.1, 0.15) is 6.10 Å². The highest BCUT2D eigenvalue weighted by molar-refractivity contribution is 14.0. The Hall–Kier alpha value is -1.39. The number of ether oxygens (including phenoxy) is 2. The first-order valence-corrected chi connectivity index (χ1v) is 11.2. The predicted octanol–water partition coefficient (Wildman–Crippen LogP) is 3.63. The number of rotatable bonds is 7. The summed E-state index contributed by atoms with van der Waals surface area (Å²) in [6, 6.07) is 7.93. The molecular weight excluding hydrogens is 507 g/mol. The second-order valence-corrected chi connectivity index (χ2v) is 8.42. The van der Waals surface area contributed by atoms with Gasteiger partial charge in [-0.3, -0.25) is 4.79 Å². The summed E-state index contributed by atoms with van der Waals surface area (Å²) in [5, 5.41) is 6.39. The van der Waals surface area contributed by atoms with E-state index in [1.807, 2.05) is 38.1 Å². The molecule has 0 saturated carbocycles. The van der Waals surface area contributed by atoms with Gasteiger partial charge in [0, 0.05) is 38.3 Å². The highest BCUT2D eigenvalue weighted by Crippen LogP contribution is 2.21. The van der Waals surface area contributed by atoms with Gasteiger partial charge in [0.05, 0.1) is 19.3 Å². The van der Waals surface area contributed by atoms with Gasteiger partial charge in [-0.15, -0.1) is 24.0 Å². The molecule has 2 fully saturated rings. The lowest BCUT2D eigenvalue weighted by Gasteiger charge is -2.37. The van der Waals surface area contributed by atoms with Crippen LogP contribution in [0.25, 0.3) is 0 Å². The maximum Gasteiger partial charge on any atom is 0.224 e. The first-order valence-electron chi connectivity index (χ1n) is 11.2. The molecule has 0 aromatic heterocycles. The first kappa shape index (κ1) is 25.9. The number of nitrogens with one attached hydrogen (secondary N) is 2. The zero-order chi connectivity index (χ0) is 21.3. The second kappa shape index (κ2) is 13.2. The molecule has 2 unspecified atom stereocenters. The number of hydrogen-bond donors (Lipinski definition) is 2. The molecule has 0 bridgehead atoms. The zero-order valence-corrected chi connectivity index (χ0v) is 21.3. The highest BCUT2D eigenvalue weighted by atomic mass is 127. The number of benzene rings is 1. The van der Waals surface area contributed by atoms with Crippen LogP contribution in [-0.2, 0) is 20.8 Å². The van der Waals surface area contributed by atoms with Gasteiger partial charge in [0.25, 0.3) is 0 Å². The van der Waals surface area contributed by atoms with E-state index >= 15 is 0 Å². The molecule has 31 heavy (non-hydrogen) atoms. The number of carbonyl (C=O) groups is 1. The van der Waals surface area contributed by atoms with Crippen LogP contribution in [0.5, 0.6) is 0 Å². The Morgan fingerprint density at radius 3 is 2.77 bits per heavy atom. The first-order chi connectivity index (χ1) is 14.5. The number of aliphatic imine (C=N–C) groups is 1. The maximum absolute atomic E-state index is 12.1. The van der Waals surface area contributed by atoms with Crippen LogP contribution in [0.15, 0.2) is 29.3 Å². The summed E-state index contributed by atoms with van der Waals surface area (Å²) in [5.74, 6) is 1.29. The average Bonchev–Trinajstić information content (AvgIpc) is 3.26. The van der Waals surface area contributed by atoms with Crippen LogP contribution in [-0.4, -0.2) is 61.8 Å². The average molecular weight is 544 g/mol. The molecule has 2 saturated heterocycles. The van der Waals surface area contributed by atoms with Crippen LogP contribution < -0.4 is 10.6 Å². The van der Waals surface area contributed by atoms with Crippen molar-refractivity contribution in [1.82, 2.24) is 10.2 Å². The lowest BCUT2D eigenvalue weighted by Crippen LogP contribution is -2.53. The van der Waals surface area contributed by atoms with Crippen LogP contribution in [0.3, 0.4) is 0 Å². The molecule has 174 valence electrons. The molecule has 0 spiro atoms. The van der Waals surface area contributed by atoms with E-state index in [9.17, 15) is 4.79 Å². The van der Waals surface area contributed by atoms with Gasteiger partial charge in [-0.2, -0.15) is 0 Å². The van der Waals surface area contributed by atoms with Crippen molar-refractivity contribution in [3.63, 3.8) is 0 Å². The topological polar surface area (TPSA) is 75.2 Å². The van der Waals surface area contributed by atoms with Crippen molar-refractivity contribution in [1.29, 1.82) is 0 Å². The van der Waals surface area contributed by atoms with Gasteiger partial charge in [-0.05, 0) is 43.4 Å². The summed E-state index contributed by atoms with van der Waals surface area (Å²) in [7, 11) is 0. The van der Waals surface area contributed by atoms with Crippen molar-refractivity contribution in [2.24, 2.45) is 10.9 Å². The van der Waals surface area contributed by atoms with Crippen molar-refractivity contribution in [3.05, 3.63) is 29.8 Å². The Bertz CT molecular complexity index is 723. The Morgan fingerprint density at radius 2 is 2.06 bits per heavy atom. The molecular formula is C23H37IN4O3. The second-order valence-electron chi connectivity index (χ2n) is 8.42. The van der Waals surface area contributed by atoms with Crippen LogP contribution in [0.4, 0.5) is 5.69 Å². The SMILES string of the molecule is CCNC(=NCc1cccc(NC(=O)CC(C)C)c1)N1CCOC(C2CCCO2)C1.I. The number of guanidine groups is 1. The quantitative estimate of drug-likeness (QED) is 0.312. The summed E-state index contributed by atoms with van der Waals surface area (Å²) >= 11 is 0. The van der Waals surface area contributed by atoms with Crippen molar-refractivity contribution < 1.29 is 14.3 Å². The minimum Gasteiger partial charge on any atom is -0.375 e. The van der Waals surface area contributed by atoms with E-state index in [0.717, 1.165) is 56.3 Å². The summed E-state index contributed by atoms with van der Waals surface area (Å²) in [6.07, 6.45) is 3.01. The molecule has 2 atom stereocenters. The lowest BCUT2D eigenvalue weighted by molar-refractivity contribution is -0.116. The third-order valence-corrected chi connectivity index (χ3v) is 5.32. The van der Waals surface area contributed by atoms with Gasteiger partial charge in [0.2, 0.25) is 5.91 Å².